The van der Waals surface area contributed by atoms with Crippen molar-refractivity contribution in [2.24, 2.45) is 0 Å². The van der Waals surface area contributed by atoms with E-state index in [0.29, 0.717) is 36.8 Å². The van der Waals surface area contributed by atoms with Gasteiger partial charge in [-0.25, -0.2) is 9.78 Å². The lowest BCUT2D eigenvalue weighted by Crippen LogP contribution is -2.36. The Morgan fingerprint density at radius 2 is 2.15 bits per heavy atom. The quantitative estimate of drug-likeness (QED) is 0.874. The summed E-state index contributed by atoms with van der Waals surface area (Å²) in [5.74, 6) is -0.893. The Labute approximate surface area is 122 Å². The molecule has 112 valence electrons. The first-order chi connectivity index (χ1) is 9.63. The topological polar surface area (TPSA) is 68.7 Å². The minimum Gasteiger partial charge on any atom is -0.477 e. The molecule has 0 aromatic carbocycles. The Morgan fingerprint density at radius 3 is 2.70 bits per heavy atom. The third-order valence-corrected chi connectivity index (χ3v) is 4.76. The van der Waals surface area contributed by atoms with E-state index < -0.39 is 11.6 Å². The van der Waals surface area contributed by atoms with E-state index in [1.807, 2.05) is 13.8 Å². The van der Waals surface area contributed by atoms with Crippen LogP contribution in [0.25, 0.3) is 0 Å². The van der Waals surface area contributed by atoms with Gasteiger partial charge in [-0.1, -0.05) is 13.3 Å². The maximum atomic E-state index is 11.4. The van der Waals surface area contributed by atoms with Gasteiger partial charge in [0, 0.05) is 32.7 Å². The number of hydrogen-bond acceptors (Lipinski definition) is 5. The smallest absolute Gasteiger partial charge is 0.347 e. The maximum Gasteiger partial charge on any atom is 0.347 e. The standard InChI is InChI=1S/C14H21NO4S/c1-3-5-10-11(12(16)17)20-13(15-10)14(19-4-2)6-8-18-9-7-14/h3-9H2,1-2H3,(H,16,17). The van der Waals surface area contributed by atoms with Crippen molar-refractivity contribution in [3.63, 3.8) is 0 Å². The zero-order valence-electron chi connectivity index (χ0n) is 12.0. The highest BCUT2D eigenvalue weighted by molar-refractivity contribution is 7.13. The molecule has 1 fully saturated rings. The number of aromatic carboxylic acids is 1. The fraction of sp³-hybridized carbons (Fsp3) is 0.714. The molecule has 1 saturated heterocycles. The van der Waals surface area contributed by atoms with Crippen molar-refractivity contribution >= 4 is 17.3 Å². The van der Waals surface area contributed by atoms with E-state index in [0.717, 1.165) is 24.3 Å². The summed E-state index contributed by atoms with van der Waals surface area (Å²) < 4.78 is 11.4. The van der Waals surface area contributed by atoms with Gasteiger partial charge in [0.15, 0.2) is 0 Å². The lowest BCUT2D eigenvalue weighted by molar-refractivity contribution is -0.112. The van der Waals surface area contributed by atoms with Crippen molar-refractivity contribution in [3.8, 4) is 0 Å². The summed E-state index contributed by atoms with van der Waals surface area (Å²) in [6, 6.07) is 0. The molecule has 20 heavy (non-hydrogen) atoms. The van der Waals surface area contributed by atoms with Gasteiger partial charge in [-0.15, -0.1) is 11.3 Å². The van der Waals surface area contributed by atoms with E-state index in [4.69, 9.17) is 9.47 Å². The molecule has 2 rings (SSSR count). The summed E-state index contributed by atoms with van der Waals surface area (Å²) in [5.41, 5.74) is 0.221. The molecule has 0 atom stereocenters. The minimum absolute atomic E-state index is 0.354. The highest BCUT2D eigenvalue weighted by Gasteiger charge is 2.39. The normalized spacial score (nSPS) is 18.1. The van der Waals surface area contributed by atoms with Crippen LogP contribution < -0.4 is 0 Å². The largest absolute Gasteiger partial charge is 0.477 e. The van der Waals surface area contributed by atoms with Gasteiger partial charge < -0.3 is 14.6 Å². The third-order valence-electron chi connectivity index (χ3n) is 3.49. The summed E-state index contributed by atoms with van der Waals surface area (Å²) in [6.45, 7) is 5.83. The average Bonchev–Trinajstić information content (AvgIpc) is 2.85. The lowest BCUT2D eigenvalue weighted by atomic mass is 9.94. The van der Waals surface area contributed by atoms with Gasteiger partial charge in [-0.2, -0.15) is 0 Å². The second kappa shape index (κ2) is 6.65. The van der Waals surface area contributed by atoms with Crippen LogP contribution in [-0.2, 0) is 21.5 Å². The molecule has 0 aliphatic carbocycles. The second-order valence-electron chi connectivity index (χ2n) is 4.89. The van der Waals surface area contributed by atoms with Gasteiger partial charge in [0.25, 0.3) is 0 Å². The summed E-state index contributed by atoms with van der Waals surface area (Å²) in [6.07, 6.45) is 3.04. The summed E-state index contributed by atoms with van der Waals surface area (Å²) in [5, 5.41) is 10.1. The average molecular weight is 299 g/mol. The van der Waals surface area contributed by atoms with Crippen LogP contribution in [0.5, 0.6) is 0 Å². The predicted molar refractivity (Wildman–Crippen MR) is 76.4 cm³/mol. The fourth-order valence-electron chi connectivity index (χ4n) is 2.52. The van der Waals surface area contributed by atoms with Crippen molar-refractivity contribution in [1.29, 1.82) is 0 Å². The Bertz CT molecular complexity index is 460. The molecule has 1 aromatic heterocycles. The minimum atomic E-state index is -0.893. The van der Waals surface area contributed by atoms with E-state index in [9.17, 15) is 9.90 Å². The van der Waals surface area contributed by atoms with Crippen LogP contribution in [-0.4, -0.2) is 35.9 Å². The van der Waals surface area contributed by atoms with Crippen LogP contribution in [0.4, 0.5) is 0 Å². The van der Waals surface area contributed by atoms with Crippen LogP contribution in [0.2, 0.25) is 0 Å². The molecule has 0 saturated carbocycles. The molecule has 2 heterocycles. The zero-order chi connectivity index (χ0) is 14.6. The first-order valence-electron chi connectivity index (χ1n) is 7.08. The van der Waals surface area contributed by atoms with E-state index in [1.54, 1.807) is 0 Å². The summed E-state index contributed by atoms with van der Waals surface area (Å²) >= 11 is 1.26. The molecular formula is C14H21NO4S. The molecular weight excluding hydrogens is 278 g/mol. The van der Waals surface area contributed by atoms with Gasteiger partial charge in [0.2, 0.25) is 0 Å². The van der Waals surface area contributed by atoms with Gasteiger partial charge in [0.1, 0.15) is 15.5 Å². The molecule has 0 amide bonds. The molecule has 1 aliphatic heterocycles. The molecule has 1 aliphatic rings. The van der Waals surface area contributed by atoms with E-state index in [1.165, 1.54) is 11.3 Å². The fourth-order valence-corrected chi connectivity index (χ4v) is 3.67. The number of rotatable bonds is 6. The molecule has 0 radical (unpaired) electrons. The van der Waals surface area contributed by atoms with Crippen LogP contribution in [0.1, 0.15) is 53.5 Å². The lowest BCUT2D eigenvalue weighted by Gasteiger charge is -2.35. The Kier molecular flexibility index (Phi) is 5.12. The van der Waals surface area contributed by atoms with E-state index in [-0.39, 0.29) is 0 Å². The molecule has 1 N–H and O–H groups in total. The van der Waals surface area contributed by atoms with Crippen LogP contribution in [0.15, 0.2) is 0 Å². The van der Waals surface area contributed by atoms with Crippen molar-refractivity contribution < 1.29 is 19.4 Å². The highest BCUT2D eigenvalue weighted by Crippen LogP contribution is 2.39. The number of carboxylic acid groups (broad SMARTS) is 1. The highest BCUT2D eigenvalue weighted by atomic mass is 32.1. The molecule has 1 aromatic rings. The number of carboxylic acids is 1. The molecule has 5 nitrogen and oxygen atoms in total. The van der Waals surface area contributed by atoms with Crippen molar-refractivity contribution in [2.45, 2.75) is 45.1 Å². The van der Waals surface area contributed by atoms with Gasteiger partial charge in [-0.05, 0) is 13.3 Å². The van der Waals surface area contributed by atoms with Gasteiger partial charge >= 0.3 is 5.97 Å². The summed E-state index contributed by atoms with van der Waals surface area (Å²) in [7, 11) is 0. The van der Waals surface area contributed by atoms with Crippen molar-refractivity contribution in [3.05, 3.63) is 15.6 Å². The number of nitrogens with zero attached hydrogens (tertiary/aromatic N) is 1. The van der Waals surface area contributed by atoms with Crippen LogP contribution in [0, 0.1) is 0 Å². The van der Waals surface area contributed by atoms with Crippen molar-refractivity contribution in [1.82, 2.24) is 4.98 Å². The number of hydrogen-bond donors (Lipinski definition) is 1. The number of ether oxygens (including phenoxy) is 2. The zero-order valence-corrected chi connectivity index (χ0v) is 12.8. The van der Waals surface area contributed by atoms with E-state index >= 15 is 0 Å². The van der Waals surface area contributed by atoms with Crippen LogP contribution >= 0.6 is 11.3 Å². The first kappa shape index (κ1) is 15.4. The monoisotopic (exact) mass is 299 g/mol. The number of aromatic nitrogens is 1. The van der Waals surface area contributed by atoms with Gasteiger partial charge in [0.05, 0.1) is 5.69 Å². The summed E-state index contributed by atoms with van der Waals surface area (Å²) in [4.78, 5) is 16.3. The van der Waals surface area contributed by atoms with Crippen molar-refractivity contribution in [2.75, 3.05) is 19.8 Å². The number of thiazole rings is 1. The first-order valence-corrected chi connectivity index (χ1v) is 7.89. The third kappa shape index (κ3) is 3.02. The molecule has 0 unspecified atom stereocenters. The SMILES string of the molecule is CCCc1nc(C2(OCC)CCOCC2)sc1C(=O)O. The molecule has 6 heteroatoms. The van der Waals surface area contributed by atoms with Gasteiger partial charge in [-0.3, -0.25) is 0 Å². The Hall–Kier alpha value is -0.980. The Morgan fingerprint density at radius 1 is 1.45 bits per heavy atom. The second-order valence-corrected chi connectivity index (χ2v) is 5.89. The predicted octanol–water partition coefficient (Wildman–Crippen LogP) is 2.84. The Balaban J connectivity index is 2.37. The van der Waals surface area contributed by atoms with Crippen LogP contribution in [0.3, 0.4) is 0 Å². The maximum absolute atomic E-state index is 11.4. The number of aryl methyl sites for hydroxylation is 1. The number of carbonyl (C=O) groups is 1. The molecule has 0 bridgehead atoms. The van der Waals surface area contributed by atoms with E-state index in [2.05, 4.69) is 4.98 Å². The molecule has 0 spiro atoms.